The van der Waals surface area contributed by atoms with Crippen LogP contribution >= 0.6 is 0 Å². The maximum Gasteiger partial charge on any atom is 0.186 e. The summed E-state index contributed by atoms with van der Waals surface area (Å²) in [4.78, 5) is 0. The van der Waals surface area contributed by atoms with Gasteiger partial charge in [0, 0.05) is 16.8 Å². The molecule has 356 valence electrons. The van der Waals surface area contributed by atoms with Crippen LogP contribution in [0, 0.1) is 6.92 Å². The highest BCUT2D eigenvalue weighted by molar-refractivity contribution is 6.25. The second kappa shape index (κ2) is 20.8. The number of aromatic hydroxyl groups is 3. The van der Waals surface area contributed by atoms with Crippen LogP contribution < -0.4 is 5.32 Å². The number of nitrogens with one attached hydrogen (secondary N) is 1. The molecule has 4 N–H and O–H groups in total. The van der Waals surface area contributed by atoms with Gasteiger partial charge in [0.05, 0.1) is 5.41 Å². The van der Waals surface area contributed by atoms with Crippen LogP contribution in [-0.4, -0.2) is 15.3 Å². The minimum Gasteiger partial charge on any atom is -0.505 e. The van der Waals surface area contributed by atoms with Gasteiger partial charge >= 0.3 is 0 Å². The minimum absolute atomic E-state index is 0.0468. The van der Waals surface area contributed by atoms with Gasteiger partial charge in [-0.1, -0.05) is 215 Å². The predicted molar refractivity (Wildman–Crippen MR) is 310 cm³/mol. The van der Waals surface area contributed by atoms with Crippen molar-refractivity contribution in [3.05, 3.63) is 252 Å². The van der Waals surface area contributed by atoms with Crippen LogP contribution in [-0.2, 0) is 5.41 Å². The Bertz CT molecular complexity index is 3670. The molecule has 0 saturated heterocycles. The Morgan fingerprint density at radius 2 is 1.19 bits per heavy atom. The van der Waals surface area contributed by atoms with Gasteiger partial charge in [-0.15, -0.1) is 0 Å². The molecule has 9 aromatic rings. The van der Waals surface area contributed by atoms with E-state index in [1.54, 1.807) is 13.0 Å². The maximum absolute atomic E-state index is 11.5. The zero-order chi connectivity index (χ0) is 50.5. The van der Waals surface area contributed by atoms with Crippen LogP contribution in [0.25, 0.3) is 71.9 Å². The molecule has 72 heavy (non-hydrogen) atoms. The molecule has 1 atom stereocenters. The number of phenolic OH excluding ortho intramolecular Hbond substituents is 3. The lowest BCUT2D eigenvalue weighted by Gasteiger charge is -2.36. The number of benzene rings is 9. The number of hydrogen-bond donors (Lipinski definition) is 4. The zero-order valence-corrected chi connectivity index (χ0v) is 41.8. The summed E-state index contributed by atoms with van der Waals surface area (Å²) < 4.78 is 0. The summed E-state index contributed by atoms with van der Waals surface area (Å²) in [5, 5.41) is 46.4. The summed E-state index contributed by atoms with van der Waals surface area (Å²) in [6.07, 6.45) is 21.1. The first-order valence-corrected chi connectivity index (χ1v) is 24.9. The number of phenols is 3. The highest BCUT2D eigenvalue weighted by Crippen LogP contribution is 2.56. The monoisotopic (exact) mass is 939 g/mol. The summed E-state index contributed by atoms with van der Waals surface area (Å²) in [7, 11) is 0. The second-order valence-corrected chi connectivity index (χ2v) is 18.0. The topological polar surface area (TPSA) is 72.7 Å². The fourth-order valence-corrected chi connectivity index (χ4v) is 11.1. The van der Waals surface area contributed by atoms with Crippen molar-refractivity contribution in [1.29, 1.82) is 0 Å². The lowest BCUT2D eigenvalue weighted by molar-refractivity contribution is 0.400. The van der Waals surface area contributed by atoms with Crippen LogP contribution in [0.5, 0.6) is 17.2 Å². The van der Waals surface area contributed by atoms with E-state index in [9.17, 15) is 15.3 Å². The standard InChI is InChI=1S/C40H31NO3.C26H24.C2H6/c1-4-12-28-26(5-2)27-14-7-6-13-24(27)21-35(28)36-23(3)38(42)37(40(44)39(36)43)41-25-19-20-33-31-17-9-8-15-29(31)30-16-10-11-18-32(30)34(33)22-25;1-3-4-17-23-20(2)26(21-13-7-5-8-14-21,22-15-9-6-10-16-22)25-19-12-11-18-24(23)25;1-2/h4-22,41-44H,2H2,1,3H3;3-5,7-9,11-19H,1,6,10H2,2H3;1-2H3/b12-4-;17-4-;. The van der Waals surface area contributed by atoms with E-state index in [2.05, 4.69) is 141 Å². The Balaban J connectivity index is 0.000000194. The summed E-state index contributed by atoms with van der Waals surface area (Å²) in [5.74, 6) is -0.874. The highest BCUT2D eigenvalue weighted by Gasteiger charge is 2.46. The lowest BCUT2D eigenvalue weighted by Crippen LogP contribution is -2.29. The molecule has 0 bridgehead atoms. The van der Waals surface area contributed by atoms with Gasteiger partial charge < -0.3 is 20.6 Å². The molecule has 0 amide bonds. The summed E-state index contributed by atoms with van der Waals surface area (Å²) in [6.45, 7) is 17.9. The van der Waals surface area contributed by atoms with E-state index >= 15 is 0 Å². The van der Waals surface area contributed by atoms with Crippen molar-refractivity contribution in [3.63, 3.8) is 0 Å². The Morgan fingerprint density at radius 3 is 1.83 bits per heavy atom. The number of rotatable bonds is 9. The third-order valence-corrected chi connectivity index (χ3v) is 14.2. The van der Waals surface area contributed by atoms with Gasteiger partial charge in [0.2, 0.25) is 0 Å². The third kappa shape index (κ3) is 8.19. The van der Waals surface area contributed by atoms with Crippen molar-refractivity contribution in [2.75, 3.05) is 5.32 Å². The van der Waals surface area contributed by atoms with E-state index in [0.29, 0.717) is 22.4 Å². The molecule has 2 aliphatic carbocycles. The number of allylic oxidation sites excluding steroid dienone is 10. The van der Waals surface area contributed by atoms with Crippen molar-refractivity contribution < 1.29 is 15.3 Å². The summed E-state index contributed by atoms with van der Waals surface area (Å²) in [5.41, 5.74) is 11.9. The molecule has 11 rings (SSSR count). The second-order valence-electron chi connectivity index (χ2n) is 18.0. The first kappa shape index (κ1) is 48.4. The first-order valence-electron chi connectivity index (χ1n) is 24.9. The molecule has 0 fully saturated rings. The molecule has 4 heteroatoms. The van der Waals surface area contributed by atoms with E-state index in [1.165, 1.54) is 38.8 Å². The van der Waals surface area contributed by atoms with E-state index < -0.39 is 5.75 Å². The zero-order valence-electron chi connectivity index (χ0n) is 41.8. The minimum atomic E-state index is -0.425. The third-order valence-electron chi connectivity index (χ3n) is 14.2. The average Bonchev–Trinajstić information content (AvgIpc) is 3.69. The Morgan fingerprint density at radius 1 is 0.583 bits per heavy atom. The maximum atomic E-state index is 11.5. The van der Waals surface area contributed by atoms with Crippen LogP contribution in [0.2, 0.25) is 0 Å². The SMILES string of the molecule is C=C/C=C\C1=C(C)C(C2=CCCC=C2)(c2ccccc2)c2ccccc21.C=Cc1c(/C=C\C)c(-c2c(C)c(O)c(Nc3ccc4c5ccccc5c5ccccc5c4c3)c(O)c2O)cc2ccccc12.CC. The van der Waals surface area contributed by atoms with Crippen molar-refractivity contribution >= 4 is 72.2 Å². The van der Waals surface area contributed by atoms with Crippen LogP contribution in [0.1, 0.15) is 73.9 Å². The van der Waals surface area contributed by atoms with Gasteiger partial charge in [-0.2, -0.15) is 0 Å². The molecule has 1 unspecified atom stereocenters. The van der Waals surface area contributed by atoms with E-state index in [1.807, 2.05) is 106 Å². The molecule has 0 heterocycles. The fourth-order valence-electron chi connectivity index (χ4n) is 11.1. The smallest absolute Gasteiger partial charge is 0.186 e. The fraction of sp³-hybridized carbons (Fsp3) is 0.118. The number of hydrogen-bond acceptors (Lipinski definition) is 4. The number of fused-ring (bicyclic) bond motifs is 8. The number of anilines is 2. The normalized spacial score (nSPS) is 15.1. The molecule has 9 aromatic carbocycles. The van der Waals surface area contributed by atoms with E-state index in [4.69, 9.17) is 0 Å². The molecule has 0 aliphatic heterocycles. The quantitative estimate of drug-likeness (QED) is 0.0504. The average molecular weight is 940 g/mol. The van der Waals surface area contributed by atoms with Gasteiger partial charge in [0.1, 0.15) is 11.4 Å². The molecule has 0 aromatic heterocycles. The predicted octanol–water partition coefficient (Wildman–Crippen LogP) is 18.6. The summed E-state index contributed by atoms with van der Waals surface area (Å²) in [6, 6.07) is 52.4. The molecule has 0 saturated carbocycles. The largest absolute Gasteiger partial charge is 0.505 e. The first-order chi connectivity index (χ1) is 35.2. The van der Waals surface area contributed by atoms with E-state index in [-0.39, 0.29) is 22.6 Å². The van der Waals surface area contributed by atoms with Crippen molar-refractivity contribution in [2.45, 2.75) is 52.9 Å². The van der Waals surface area contributed by atoms with Crippen molar-refractivity contribution in [1.82, 2.24) is 0 Å². The Hall–Kier alpha value is -8.60. The van der Waals surface area contributed by atoms with Gasteiger partial charge in [-0.3, -0.25) is 0 Å². The van der Waals surface area contributed by atoms with Crippen molar-refractivity contribution in [3.8, 4) is 28.4 Å². The molecular formula is C68H61NO3. The Kier molecular flexibility index (Phi) is 14.0. The highest BCUT2D eigenvalue weighted by atomic mass is 16.3. The van der Waals surface area contributed by atoms with Gasteiger partial charge in [0.25, 0.3) is 0 Å². The van der Waals surface area contributed by atoms with Gasteiger partial charge in [0.15, 0.2) is 11.5 Å². The Labute approximate surface area is 424 Å². The molecule has 4 nitrogen and oxygen atoms in total. The van der Waals surface area contributed by atoms with Crippen LogP contribution in [0.3, 0.4) is 0 Å². The van der Waals surface area contributed by atoms with Crippen LogP contribution in [0.15, 0.2) is 218 Å². The van der Waals surface area contributed by atoms with Crippen LogP contribution in [0.4, 0.5) is 11.4 Å². The molecular weight excluding hydrogens is 879 g/mol. The van der Waals surface area contributed by atoms with Gasteiger partial charge in [-0.05, 0) is 145 Å². The molecule has 2 aliphatic rings. The van der Waals surface area contributed by atoms with Crippen molar-refractivity contribution in [2.24, 2.45) is 0 Å². The summed E-state index contributed by atoms with van der Waals surface area (Å²) >= 11 is 0. The van der Waals surface area contributed by atoms with E-state index in [0.717, 1.165) is 61.7 Å². The molecule has 0 spiro atoms. The lowest BCUT2D eigenvalue weighted by atomic mass is 9.66. The molecule has 0 radical (unpaired) electrons. The van der Waals surface area contributed by atoms with Gasteiger partial charge in [-0.25, -0.2) is 0 Å².